The number of ether oxygens (including phenoxy) is 2. The molecule has 6 heteroatoms. The SMILES string of the molecule is COCC(O)CCNC1CCN(C(=O)OC(C)(C)C)CC1. The largest absolute Gasteiger partial charge is 0.444 e. The van der Waals surface area contributed by atoms with Crippen LogP contribution in [0.4, 0.5) is 4.79 Å². The number of rotatable bonds is 6. The highest BCUT2D eigenvalue weighted by Gasteiger charge is 2.26. The first-order valence-corrected chi connectivity index (χ1v) is 7.70. The summed E-state index contributed by atoms with van der Waals surface area (Å²) in [5, 5.41) is 13.0. The van der Waals surface area contributed by atoms with Gasteiger partial charge in [0.2, 0.25) is 0 Å². The summed E-state index contributed by atoms with van der Waals surface area (Å²) in [7, 11) is 1.59. The summed E-state index contributed by atoms with van der Waals surface area (Å²) in [6.45, 7) is 8.21. The molecule has 0 aliphatic carbocycles. The van der Waals surface area contributed by atoms with E-state index in [9.17, 15) is 9.90 Å². The van der Waals surface area contributed by atoms with E-state index >= 15 is 0 Å². The molecule has 1 aliphatic rings. The number of aliphatic hydroxyl groups excluding tert-OH is 1. The highest BCUT2D eigenvalue weighted by atomic mass is 16.6. The van der Waals surface area contributed by atoms with Gasteiger partial charge in [0.05, 0.1) is 12.7 Å². The minimum atomic E-state index is -0.441. The van der Waals surface area contributed by atoms with Gasteiger partial charge in [-0.1, -0.05) is 0 Å². The number of carbonyl (C=O) groups is 1. The summed E-state index contributed by atoms with van der Waals surface area (Å²) >= 11 is 0. The standard InChI is InChI=1S/C15H30N2O4/c1-15(2,3)21-14(19)17-9-6-12(7-10-17)16-8-5-13(18)11-20-4/h12-13,16,18H,5-11H2,1-4H3. The van der Waals surface area contributed by atoms with Crippen LogP contribution in [0, 0.1) is 0 Å². The van der Waals surface area contributed by atoms with E-state index in [1.165, 1.54) is 0 Å². The number of carbonyl (C=O) groups excluding carboxylic acids is 1. The van der Waals surface area contributed by atoms with Crippen LogP contribution in [0.1, 0.15) is 40.0 Å². The number of hydrogen-bond donors (Lipinski definition) is 2. The number of aliphatic hydroxyl groups is 1. The Morgan fingerprint density at radius 2 is 2.00 bits per heavy atom. The number of nitrogens with one attached hydrogen (secondary N) is 1. The molecule has 1 amide bonds. The van der Waals surface area contributed by atoms with Crippen LogP contribution in [0.5, 0.6) is 0 Å². The molecule has 21 heavy (non-hydrogen) atoms. The van der Waals surface area contributed by atoms with Crippen molar-refractivity contribution in [1.82, 2.24) is 10.2 Å². The maximum Gasteiger partial charge on any atom is 0.410 e. The zero-order valence-corrected chi connectivity index (χ0v) is 13.7. The lowest BCUT2D eigenvalue weighted by Gasteiger charge is -2.33. The molecule has 1 unspecified atom stereocenters. The van der Waals surface area contributed by atoms with E-state index in [0.29, 0.717) is 32.2 Å². The Hall–Kier alpha value is -0.850. The van der Waals surface area contributed by atoms with E-state index in [0.717, 1.165) is 19.4 Å². The molecule has 0 aromatic rings. The van der Waals surface area contributed by atoms with Crippen molar-refractivity contribution >= 4 is 6.09 Å². The normalized spacial score (nSPS) is 18.6. The minimum absolute atomic E-state index is 0.225. The fourth-order valence-corrected chi connectivity index (χ4v) is 2.32. The van der Waals surface area contributed by atoms with Gasteiger partial charge in [0, 0.05) is 26.2 Å². The van der Waals surface area contributed by atoms with Gasteiger partial charge < -0.3 is 24.8 Å². The number of likely N-dealkylation sites (tertiary alicyclic amines) is 1. The van der Waals surface area contributed by atoms with Crippen molar-refractivity contribution < 1.29 is 19.4 Å². The highest BCUT2D eigenvalue weighted by molar-refractivity contribution is 5.68. The molecule has 1 rings (SSSR count). The van der Waals surface area contributed by atoms with Crippen LogP contribution in [0.2, 0.25) is 0 Å². The zero-order chi connectivity index (χ0) is 15.9. The van der Waals surface area contributed by atoms with E-state index in [1.807, 2.05) is 20.8 Å². The number of piperidine rings is 1. The first-order valence-electron chi connectivity index (χ1n) is 7.70. The topological polar surface area (TPSA) is 71.0 Å². The van der Waals surface area contributed by atoms with Gasteiger partial charge in [-0.15, -0.1) is 0 Å². The summed E-state index contributed by atoms with van der Waals surface area (Å²) in [5.74, 6) is 0. The Balaban J connectivity index is 2.19. The molecule has 1 atom stereocenters. The molecule has 1 aliphatic heterocycles. The van der Waals surface area contributed by atoms with Crippen molar-refractivity contribution in [3.8, 4) is 0 Å². The van der Waals surface area contributed by atoms with Gasteiger partial charge in [0.1, 0.15) is 5.60 Å². The van der Waals surface area contributed by atoms with Gasteiger partial charge in [0.15, 0.2) is 0 Å². The third-order valence-corrected chi connectivity index (χ3v) is 3.42. The van der Waals surface area contributed by atoms with Gasteiger partial charge in [-0.3, -0.25) is 0 Å². The summed E-state index contributed by atoms with van der Waals surface area (Å²) < 4.78 is 10.3. The molecule has 6 nitrogen and oxygen atoms in total. The molecule has 124 valence electrons. The molecule has 0 radical (unpaired) electrons. The Labute approximate surface area is 127 Å². The van der Waals surface area contributed by atoms with Gasteiger partial charge in [0.25, 0.3) is 0 Å². The van der Waals surface area contributed by atoms with Crippen molar-refractivity contribution in [1.29, 1.82) is 0 Å². The second kappa shape index (κ2) is 8.56. The van der Waals surface area contributed by atoms with Gasteiger partial charge in [-0.25, -0.2) is 4.79 Å². The molecular formula is C15H30N2O4. The van der Waals surface area contributed by atoms with Crippen molar-refractivity contribution in [3.05, 3.63) is 0 Å². The first-order chi connectivity index (χ1) is 9.81. The summed E-state index contributed by atoms with van der Waals surface area (Å²) in [6, 6.07) is 0.401. The molecule has 1 heterocycles. The molecule has 0 saturated carbocycles. The monoisotopic (exact) mass is 302 g/mol. The third-order valence-electron chi connectivity index (χ3n) is 3.42. The lowest BCUT2D eigenvalue weighted by atomic mass is 10.1. The second-order valence-corrected chi connectivity index (χ2v) is 6.59. The maximum atomic E-state index is 11.9. The van der Waals surface area contributed by atoms with Crippen LogP contribution in [-0.2, 0) is 9.47 Å². The predicted octanol–water partition coefficient (Wildman–Crippen LogP) is 1.37. The van der Waals surface area contributed by atoms with Crippen molar-refractivity contribution in [2.45, 2.75) is 57.8 Å². The molecular weight excluding hydrogens is 272 g/mol. The average molecular weight is 302 g/mol. The molecule has 0 bridgehead atoms. The fraction of sp³-hybridized carbons (Fsp3) is 0.933. The highest BCUT2D eigenvalue weighted by Crippen LogP contribution is 2.15. The van der Waals surface area contributed by atoms with Crippen LogP contribution in [0.15, 0.2) is 0 Å². The number of amides is 1. The maximum absolute atomic E-state index is 11.9. The Bertz CT molecular complexity index is 309. The van der Waals surface area contributed by atoms with Crippen molar-refractivity contribution in [3.63, 3.8) is 0 Å². The molecule has 0 aromatic carbocycles. The lowest BCUT2D eigenvalue weighted by Crippen LogP contribution is -2.46. The van der Waals surface area contributed by atoms with Crippen LogP contribution >= 0.6 is 0 Å². The summed E-state index contributed by atoms with van der Waals surface area (Å²) in [4.78, 5) is 13.7. The molecule has 1 fully saturated rings. The molecule has 0 aromatic heterocycles. The number of methoxy groups -OCH3 is 1. The fourth-order valence-electron chi connectivity index (χ4n) is 2.32. The van der Waals surface area contributed by atoms with E-state index in [4.69, 9.17) is 9.47 Å². The Morgan fingerprint density at radius 3 is 2.52 bits per heavy atom. The third kappa shape index (κ3) is 7.64. The Kier molecular flexibility index (Phi) is 7.42. The molecule has 2 N–H and O–H groups in total. The van der Waals surface area contributed by atoms with E-state index in [1.54, 1.807) is 12.0 Å². The van der Waals surface area contributed by atoms with Gasteiger partial charge in [-0.2, -0.15) is 0 Å². The van der Waals surface area contributed by atoms with E-state index < -0.39 is 11.7 Å². The molecule has 0 spiro atoms. The van der Waals surface area contributed by atoms with Crippen molar-refractivity contribution in [2.24, 2.45) is 0 Å². The van der Waals surface area contributed by atoms with Gasteiger partial charge in [-0.05, 0) is 46.6 Å². The quantitative estimate of drug-likeness (QED) is 0.775. The number of nitrogens with zero attached hydrogens (tertiary/aromatic N) is 1. The van der Waals surface area contributed by atoms with Crippen LogP contribution in [0.25, 0.3) is 0 Å². The Morgan fingerprint density at radius 1 is 1.38 bits per heavy atom. The minimum Gasteiger partial charge on any atom is -0.444 e. The van der Waals surface area contributed by atoms with Crippen LogP contribution in [-0.4, -0.2) is 67.2 Å². The van der Waals surface area contributed by atoms with E-state index in [-0.39, 0.29) is 6.09 Å². The van der Waals surface area contributed by atoms with Crippen LogP contribution < -0.4 is 5.32 Å². The van der Waals surface area contributed by atoms with Gasteiger partial charge >= 0.3 is 6.09 Å². The summed E-state index contributed by atoms with van der Waals surface area (Å²) in [5.41, 5.74) is -0.441. The average Bonchev–Trinajstić information content (AvgIpc) is 2.38. The van der Waals surface area contributed by atoms with Crippen molar-refractivity contribution in [2.75, 3.05) is 33.4 Å². The number of hydrogen-bond acceptors (Lipinski definition) is 5. The van der Waals surface area contributed by atoms with Crippen LogP contribution in [0.3, 0.4) is 0 Å². The summed E-state index contributed by atoms with van der Waals surface area (Å²) in [6.07, 6.45) is 1.88. The smallest absolute Gasteiger partial charge is 0.410 e. The first kappa shape index (κ1) is 18.2. The predicted molar refractivity (Wildman–Crippen MR) is 81.3 cm³/mol. The van der Waals surface area contributed by atoms with E-state index in [2.05, 4.69) is 5.32 Å². The zero-order valence-electron chi connectivity index (χ0n) is 13.7. The lowest BCUT2D eigenvalue weighted by molar-refractivity contribution is 0.0196. The molecule has 1 saturated heterocycles. The second-order valence-electron chi connectivity index (χ2n) is 6.59.